The van der Waals surface area contributed by atoms with Crippen LogP contribution in [0.3, 0.4) is 0 Å². The number of amides is 1. The maximum absolute atomic E-state index is 11.5. The first-order valence-corrected chi connectivity index (χ1v) is 6.94. The minimum Gasteiger partial charge on any atom is -0.465 e. The lowest BCUT2D eigenvalue weighted by atomic mass is 10.1. The molecule has 1 amide bonds. The molecule has 0 saturated heterocycles. The number of hydrogen-bond donors (Lipinski definition) is 1. The van der Waals surface area contributed by atoms with E-state index in [0.29, 0.717) is 11.1 Å². The molecule has 0 fully saturated rings. The Morgan fingerprint density at radius 3 is 2.78 bits per heavy atom. The fourth-order valence-electron chi connectivity index (χ4n) is 2.32. The highest BCUT2D eigenvalue weighted by molar-refractivity contribution is 5.79. The molecule has 3 aromatic rings. The predicted molar refractivity (Wildman–Crippen MR) is 84.2 cm³/mol. The van der Waals surface area contributed by atoms with Gasteiger partial charge in [0.2, 0.25) is 0 Å². The summed E-state index contributed by atoms with van der Waals surface area (Å²) < 4.78 is 6.54. The predicted octanol–water partition coefficient (Wildman–Crippen LogP) is 2.30. The van der Waals surface area contributed by atoms with Gasteiger partial charge >= 0.3 is 11.8 Å². The van der Waals surface area contributed by atoms with E-state index in [-0.39, 0.29) is 6.54 Å². The summed E-state index contributed by atoms with van der Waals surface area (Å²) in [4.78, 5) is 27.9. The minimum absolute atomic E-state index is 0.276. The summed E-state index contributed by atoms with van der Waals surface area (Å²) in [6.07, 6.45) is 0.660. The Kier molecular flexibility index (Phi) is 3.61. The number of carboxylic acid groups (broad SMARTS) is 1. The lowest BCUT2D eigenvalue weighted by Crippen LogP contribution is -2.23. The van der Waals surface area contributed by atoms with Gasteiger partial charge in [-0.05, 0) is 29.8 Å². The molecule has 7 nitrogen and oxygen atoms in total. The van der Waals surface area contributed by atoms with Crippen LogP contribution in [0.5, 0.6) is 0 Å². The number of nitrogens with zero attached hydrogens (tertiary/aromatic N) is 3. The Morgan fingerprint density at radius 1 is 1.35 bits per heavy atom. The molecule has 3 rings (SSSR count). The molecule has 2 heterocycles. The molecule has 0 saturated carbocycles. The maximum Gasteiger partial charge on any atom is 0.419 e. The molecule has 23 heavy (non-hydrogen) atoms. The summed E-state index contributed by atoms with van der Waals surface area (Å²) in [6.45, 7) is 0.276. The average Bonchev–Trinajstić information content (AvgIpc) is 2.82. The molecule has 0 aliphatic rings. The third kappa shape index (κ3) is 2.80. The van der Waals surface area contributed by atoms with E-state index in [0.717, 1.165) is 16.8 Å². The standard InChI is InChI=1S/C16H15N3O4/c1-18(15(20)21)9-10-3-5-12(17-8-10)11-4-6-14-13(7-11)19(2)16(22)23-14/h3-8H,9H2,1-2H3,(H,20,21). The van der Waals surface area contributed by atoms with Gasteiger partial charge in [0.1, 0.15) is 0 Å². The summed E-state index contributed by atoms with van der Waals surface area (Å²) in [6, 6.07) is 9.06. The summed E-state index contributed by atoms with van der Waals surface area (Å²) in [5, 5.41) is 8.87. The van der Waals surface area contributed by atoms with Crippen molar-refractivity contribution in [1.82, 2.24) is 14.5 Å². The summed E-state index contributed by atoms with van der Waals surface area (Å²) in [5.41, 5.74) is 3.62. The molecule has 0 unspecified atom stereocenters. The van der Waals surface area contributed by atoms with E-state index in [2.05, 4.69) is 4.98 Å². The van der Waals surface area contributed by atoms with Crippen LogP contribution in [0.1, 0.15) is 5.56 Å². The SMILES string of the molecule is CN(Cc1ccc(-c2ccc3oc(=O)n(C)c3c2)nc1)C(=O)O. The topological polar surface area (TPSA) is 88.6 Å². The van der Waals surface area contributed by atoms with Crippen molar-refractivity contribution in [3.05, 3.63) is 52.6 Å². The van der Waals surface area contributed by atoms with Crippen LogP contribution in [0.4, 0.5) is 4.79 Å². The van der Waals surface area contributed by atoms with Crippen LogP contribution >= 0.6 is 0 Å². The van der Waals surface area contributed by atoms with Gasteiger partial charge in [-0.1, -0.05) is 6.07 Å². The van der Waals surface area contributed by atoms with Gasteiger partial charge in [-0.2, -0.15) is 0 Å². The number of aryl methyl sites for hydroxylation is 1. The van der Waals surface area contributed by atoms with Gasteiger partial charge in [0.25, 0.3) is 0 Å². The Morgan fingerprint density at radius 2 is 2.13 bits per heavy atom. The quantitative estimate of drug-likeness (QED) is 0.801. The molecule has 7 heteroatoms. The van der Waals surface area contributed by atoms with Gasteiger partial charge in [-0.25, -0.2) is 9.59 Å². The second-order valence-corrected chi connectivity index (χ2v) is 5.30. The van der Waals surface area contributed by atoms with Crippen LogP contribution in [0.25, 0.3) is 22.4 Å². The van der Waals surface area contributed by atoms with E-state index in [4.69, 9.17) is 9.52 Å². The van der Waals surface area contributed by atoms with Crippen LogP contribution in [-0.4, -0.2) is 32.7 Å². The van der Waals surface area contributed by atoms with Crippen molar-refractivity contribution in [3.63, 3.8) is 0 Å². The first-order valence-electron chi connectivity index (χ1n) is 6.94. The van der Waals surface area contributed by atoms with Crippen molar-refractivity contribution >= 4 is 17.2 Å². The second kappa shape index (κ2) is 5.60. The molecular formula is C16H15N3O4. The Labute approximate surface area is 131 Å². The zero-order valence-corrected chi connectivity index (χ0v) is 12.7. The molecule has 0 spiro atoms. The second-order valence-electron chi connectivity index (χ2n) is 5.30. The summed E-state index contributed by atoms with van der Waals surface area (Å²) in [5.74, 6) is -0.405. The fourth-order valence-corrected chi connectivity index (χ4v) is 2.32. The summed E-state index contributed by atoms with van der Waals surface area (Å²) >= 11 is 0. The molecule has 1 aromatic carbocycles. The van der Waals surface area contributed by atoms with E-state index >= 15 is 0 Å². The molecule has 1 N–H and O–H groups in total. The van der Waals surface area contributed by atoms with E-state index < -0.39 is 11.8 Å². The average molecular weight is 313 g/mol. The monoisotopic (exact) mass is 313 g/mol. The van der Waals surface area contributed by atoms with E-state index in [9.17, 15) is 9.59 Å². The fraction of sp³-hybridized carbons (Fsp3) is 0.188. The molecule has 0 aliphatic heterocycles. The number of oxazole rings is 1. The van der Waals surface area contributed by atoms with Gasteiger partial charge in [0, 0.05) is 25.9 Å². The van der Waals surface area contributed by atoms with Crippen molar-refractivity contribution in [2.75, 3.05) is 7.05 Å². The van der Waals surface area contributed by atoms with Crippen LogP contribution < -0.4 is 5.76 Å². The minimum atomic E-state index is -0.986. The smallest absolute Gasteiger partial charge is 0.419 e. The van der Waals surface area contributed by atoms with Crippen molar-refractivity contribution in [2.24, 2.45) is 7.05 Å². The molecule has 0 atom stereocenters. The lowest BCUT2D eigenvalue weighted by Gasteiger charge is -2.12. The highest BCUT2D eigenvalue weighted by atomic mass is 16.4. The highest BCUT2D eigenvalue weighted by Crippen LogP contribution is 2.22. The number of benzene rings is 1. The van der Waals surface area contributed by atoms with Crippen molar-refractivity contribution in [1.29, 1.82) is 0 Å². The number of fused-ring (bicyclic) bond motifs is 1. The normalized spacial score (nSPS) is 10.9. The Hall–Kier alpha value is -3.09. The number of pyridine rings is 1. The highest BCUT2D eigenvalue weighted by Gasteiger charge is 2.09. The maximum atomic E-state index is 11.5. The molecule has 0 aliphatic carbocycles. The van der Waals surface area contributed by atoms with Crippen molar-refractivity contribution < 1.29 is 14.3 Å². The van der Waals surface area contributed by atoms with Gasteiger partial charge in [-0.3, -0.25) is 9.55 Å². The zero-order valence-electron chi connectivity index (χ0n) is 12.7. The van der Waals surface area contributed by atoms with E-state index in [1.54, 1.807) is 19.3 Å². The number of carbonyl (C=O) groups is 1. The first kappa shape index (κ1) is 14.8. The van der Waals surface area contributed by atoms with Gasteiger partial charge < -0.3 is 14.4 Å². The van der Waals surface area contributed by atoms with Crippen molar-refractivity contribution in [3.8, 4) is 11.3 Å². The van der Waals surface area contributed by atoms with Crippen LogP contribution in [-0.2, 0) is 13.6 Å². The van der Waals surface area contributed by atoms with Crippen LogP contribution in [0.15, 0.2) is 45.7 Å². The van der Waals surface area contributed by atoms with Gasteiger partial charge in [0.15, 0.2) is 5.58 Å². The Balaban J connectivity index is 1.91. The Bertz CT molecular complexity index is 925. The summed E-state index contributed by atoms with van der Waals surface area (Å²) in [7, 11) is 3.15. The third-order valence-corrected chi connectivity index (χ3v) is 3.66. The lowest BCUT2D eigenvalue weighted by molar-refractivity contribution is 0.153. The largest absolute Gasteiger partial charge is 0.465 e. The zero-order chi connectivity index (χ0) is 16.6. The number of rotatable bonds is 3. The van der Waals surface area contributed by atoms with Crippen molar-refractivity contribution in [2.45, 2.75) is 6.54 Å². The van der Waals surface area contributed by atoms with Crippen LogP contribution in [0, 0.1) is 0 Å². The van der Waals surface area contributed by atoms with Crippen LogP contribution in [0.2, 0.25) is 0 Å². The molecular weight excluding hydrogens is 298 g/mol. The van der Waals surface area contributed by atoms with E-state index in [1.807, 2.05) is 24.3 Å². The molecule has 0 bridgehead atoms. The molecule has 2 aromatic heterocycles. The van der Waals surface area contributed by atoms with Gasteiger partial charge in [-0.15, -0.1) is 0 Å². The van der Waals surface area contributed by atoms with E-state index in [1.165, 1.54) is 16.5 Å². The molecule has 0 radical (unpaired) electrons. The number of hydrogen-bond acceptors (Lipinski definition) is 4. The first-order chi connectivity index (χ1) is 11.0. The molecule has 118 valence electrons. The van der Waals surface area contributed by atoms with Gasteiger partial charge in [0.05, 0.1) is 17.8 Å². The third-order valence-electron chi connectivity index (χ3n) is 3.66. The number of aromatic nitrogens is 2.